The second-order valence-electron chi connectivity index (χ2n) is 8.59. The van der Waals surface area contributed by atoms with E-state index >= 15 is 0 Å². The predicted molar refractivity (Wildman–Crippen MR) is 133 cm³/mol. The molecule has 0 spiro atoms. The molecule has 0 fully saturated rings. The molecule has 0 unspecified atom stereocenters. The molecule has 35 heavy (non-hydrogen) atoms. The van der Waals surface area contributed by atoms with Gasteiger partial charge in [0.05, 0.1) is 41.3 Å². The fourth-order valence-corrected chi connectivity index (χ4v) is 4.01. The SMILES string of the molecule is CC(C)C(=O)Nc1cncc(-c2ccc3[nH]nc(-c4cc5c(-c6ccoc6)ccnc5[nH]4)c3n2)c1. The van der Waals surface area contributed by atoms with Crippen molar-refractivity contribution < 1.29 is 9.21 Å². The molecule has 9 heteroatoms. The van der Waals surface area contributed by atoms with Crippen LogP contribution in [0.15, 0.2) is 71.9 Å². The van der Waals surface area contributed by atoms with E-state index in [9.17, 15) is 4.79 Å². The second-order valence-corrected chi connectivity index (χ2v) is 8.59. The number of H-pyrrole nitrogens is 2. The van der Waals surface area contributed by atoms with E-state index in [-0.39, 0.29) is 11.8 Å². The van der Waals surface area contributed by atoms with Gasteiger partial charge in [0.1, 0.15) is 16.9 Å². The number of nitrogens with one attached hydrogen (secondary N) is 3. The number of amides is 1. The zero-order chi connectivity index (χ0) is 23.9. The Morgan fingerprint density at radius 1 is 1.09 bits per heavy atom. The summed E-state index contributed by atoms with van der Waals surface area (Å²) < 4.78 is 5.26. The summed E-state index contributed by atoms with van der Waals surface area (Å²) in [4.78, 5) is 29.1. The molecule has 0 atom stereocenters. The highest BCUT2D eigenvalue weighted by Gasteiger charge is 2.16. The highest BCUT2D eigenvalue weighted by atomic mass is 16.3. The number of aromatic amines is 2. The molecule has 9 nitrogen and oxygen atoms in total. The highest BCUT2D eigenvalue weighted by Crippen LogP contribution is 2.33. The van der Waals surface area contributed by atoms with Crippen LogP contribution in [0, 0.1) is 5.92 Å². The zero-order valence-corrected chi connectivity index (χ0v) is 19.0. The average molecular weight is 464 g/mol. The molecule has 6 aromatic rings. The second kappa shape index (κ2) is 8.21. The summed E-state index contributed by atoms with van der Waals surface area (Å²) in [6.07, 6.45) is 8.48. The number of aromatic nitrogens is 6. The fraction of sp³-hybridized carbons (Fsp3) is 0.115. The van der Waals surface area contributed by atoms with Crippen LogP contribution in [0.1, 0.15) is 13.8 Å². The van der Waals surface area contributed by atoms with Crippen LogP contribution in [0.4, 0.5) is 5.69 Å². The van der Waals surface area contributed by atoms with Gasteiger partial charge in [0.2, 0.25) is 5.91 Å². The van der Waals surface area contributed by atoms with Gasteiger partial charge in [0.15, 0.2) is 0 Å². The Morgan fingerprint density at radius 3 is 2.83 bits per heavy atom. The lowest BCUT2D eigenvalue weighted by Crippen LogP contribution is -2.17. The number of nitrogens with zero attached hydrogens (tertiary/aromatic N) is 4. The van der Waals surface area contributed by atoms with Gasteiger partial charge in [-0.1, -0.05) is 13.8 Å². The Balaban J connectivity index is 1.41. The van der Waals surface area contributed by atoms with E-state index in [1.807, 2.05) is 50.2 Å². The highest BCUT2D eigenvalue weighted by molar-refractivity contribution is 5.99. The first kappa shape index (κ1) is 20.8. The molecule has 1 amide bonds. The largest absolute Gasteiger partial charge is 0.472 e. The maximum absolute atomic E-state index is 12.1. The molecule has 0 saturated carbocycles. The van der Waals surface area contributed by atoms with Gasteiger partial charge < -0.3 is 14.7 Å². The number of hydrogen-bond acceptors (Lipinski definition) is 6. The average Bonchev–Trinajstić information content (AvgIpc) is 3.62. The summed E-state index contributed by atoms with van der Waals surface area (Å²) in [7, 11) is 0. The first-order chi connectivity index (χ1) is 17.1. The van der Waals surface area contributed by atoms with E-state index in [4.69, 9.17) is 9.40 Å². The van der Waals surface area contributed by atoms with Gasteiger partial charge in [-0.25, -0.2) is 9.97 Å². The Bertz CT molecular complexity index is 1680. The first-order valence-corrected chi connectivity index (χ1v) is 11.2. The number of pyridine rings is 3. The Hall–Kier alpha value is -4.79. The van der Waals surface area contributed by atoms with E-state index < -0.39 is 0 Å². The number of anilines is 1. The summed E-state index contributed by atoms with van der Waals surface area (Å²) in [5.41, 5.74) is 7.91. The molecule has 0 aromatic carbocycles. The molecule has 6 heterocycles. The summed E-state index contributed by atoms with van der Waals surface area (Å²) in [5.74, 6) is -0.187. The van der Waals surface area contributed by atoms with Gasteiger partial charge >= 0.3 is 0 Å². The lowest BCUT2D eigenvalue weighted by atomic mass is 10.1. The van der Waals surface area contributed by atoms with Crippen LogP contribution < -0.4 is 5.32 Å². The molecule has 0 aliphatic rings. The number of furan rings is 1. The number of carbonyl (C=O) groups excluding carboxylic acids is 1. The zero-order valence-electron chi connectivity index (χ0n) is 19.0. The maximum atomic E-state index is 12.1. The minimum Gasteiger partial charge on any atom is -0.472 e. The lowest BCUT2D eigenvalue weighted by molar-refractivity contribution is -0.118. The van der Waals surface area contributed by atoms with Crippen LogP contribution in [-0.2, 0) is 4.79 Å². The van der Waals surface area contributed by atoms with E-state index in [0.717, 1.165) is 50.1 Å². The Kier molecular flexibility index (Phi) is 4.88. The van der Waals surface area contributed by atoms with Crippen molar-refractivity contribution in [1.82, 2.24) is 30.1 Å². The standard InChI is InChI=1S/C26H21N7O2/c1-14(2)26(34)29-17-9-16(11-27-12-17)20-3-4-21-23(30-20)24(33-32-21)22-10-19-18(15-6-8-35-13-15)5-7-28-25(19)31-22/h3-14H,1-2H3,(H,28,31)(H,29,34)(H,32,33). The van der Waals surface area contributed by atoms with Crippen LogP contribution in [0.25, 0.3) is 55.8 Å². The van der Waals surface area contributed by atoms with Crippen molar-refractivity contribution in [3.05, 3.63) is 67.5 Å². The van der Waals surface area contributed by atoms with Gasteiger partial charge in [-0.2, -0.15) is 5.10 Å². The number of fused-ring (bicyclic) bond motifs is 2. The van der Waals surface area contributed by atoms with Crippen molar-refractivity contribution in [2.75, 3.05) is 5.32 Å². The molecular formula is C26H21N7O2. The summed E-state index contributed by atoms with van der Waals surface area (Å²) in [5, 5.41) is 11.4. The van der Waals surface area contributed by atoms with Crippen molar-refractivity contribution >= 4 is 33.7 Å². The quantitative estimate of drug-likeness (QED) is 0.314. The number of rotatable bonds is 5. The molecular weight excluding hydrogens is 442 g/mol. The van der Waals surface area contributed by atoms with Crippen molar-refractivity contribution in [3.63, 3.8) is 0 Å². The van der Waals surface area contributed by atoms with E-state index in [2.05, 4.69) is 30.5 Å². The van der Waals surface area contributed by atoms with Crippen molar-refractivity contribution in [3.8, 4) is 33.8 Å². The maximum Gasteiger partial charge on any atom is 0.226 e. The number of hydrogen-bond donors (Lipinski definition) is 3. The summed E-state index contributed by atoms with van der Waals surface area (Å²) in [6, 6.07) is 11.6. The van der Waals surface area contributed by atoms with Gasteiger partial charge in [0, 0.05) is 34.8 Å². The minimum absolute atomic E-state index is 0.0632. The minimum atomic E-state index is -0.124. The van der Waals surface area contributed by atoms with E-state index in [1.165, 1.54) is 0 Å². The third-order valence-electron chi connectivity index (χ3n) is 5.85. The molecule has 0 bridgehead atoms. The summed E-state index contributed by atoms with van der Waals surface area (Å²) in [6.45, 7) is 3.69. The molecule has 0 radical (unpaired) electrons. The van der Waals surface area contributed by atoms with Gasteiger partial charge in [-0.3, -0.25) is 14.9 Å². The molecule has 0 aliphatic carbocycles. The Morgan fingerprint density at radius 2 is 2.00 bits per heavy atom. The van der Waals surface area contributed by atoms with Crippen molar-refractivity contribution in [1.29, 1.82) is 0 Å². The molecule has 6 rings (SSSR count). The van der Waals surface area contributed by atoms with Crippen LogP contribution in [0.2, 0.25) is 0 Å². The third-order valence-corrected chi connectivity index (χ3v) is 5.85. The van der Waals surface area contributed by atoms with Crippen molar-refractivity contribution in [2.45, 2.75) is 13.8 Å². The van der Waals surface area contributed by atoms with Crippen LogP contribution in [0.3, 0.4) is 0 Å². The monoisotopic (exact) mass is 463 g/mol. The molecule has 172 valence electrons. The van der Waals surface area contributed by atoms with Gasteiger partial charge in [0.25, 0.3) is 0 Å². The fourth-order valence-electron chi connectivity index (χ4n) is 4.01. The third kappa shape index (κ3) is 3.72. The molecule has 3 N–H and O–H groups in total. The van der Waals surface area contributed by atoms with Crippen LogP contribution in [-0.4, -0.2) is 36.0 Å². The topological polar surface area (TPSA) is 125 Å². The van der Waals surface area contributed by atoms with Crippen molar-refractivity contribution in [2.24, 2.45) is 5.92 Å². The number of carbonyl (C=O) groups is 1. The normalized spacial score (nSPS) is 11.5. The molecule has 0 saturated heterocycles. The predicted octanol–water partition coefficient (Wildman–Crippen LogP) is 5.42. The molecule has 0 aliphatic heterocycles. The molecule has 6 aromatic heterocycles. The van der Waals surface area contributed by atoms with Gasteiger partial charge in [-0.05, 0) is 42.0 Å². The Labute approximate surface area is 199 Å². The van der Waals surface area contributed by atoms with E-state index in [1.54, 1.807) is 31.1 Å². The smallest absolute Gasteiger partial charge is 0.226 e. The van der Waals surface area contributed by atoms with Crippen LogP contribution >= 0.6 is 0 Å². The van der Waals surface area contributed by atoms with Gasteiger partial charge in [-0.15, -0.1) is 0 Å². The van der Waals surface area contributed by atoms with Crippen LogP contribution in [0.5, 0.6) is 0 Å². The van der Waals surface area contributed by atoms with E-state index in [0.29, 0.717) is 11.4 Å². The first-order valence-electron chi connectivity index (χ1n) is 11.2. The lowest BCUT2D eigenvalue weighted by Gasteiger charge is -2.08. The summed E-state index contributed by atoms with van der Waals surface area (Å²) >= 11 is 0.